The SMILES string of the molecule is CCC(OC(C)(C)C)c1ccccc1OC(=O)N1CCCCC1. The van der Waals surface area contributed by atoms with E-state index in [0.29, 0.717) is 5.75 Å². The van der Waals surface area contributed by atoms with E-state index in [1.165, 1.54) is 6.42 Å². The minimum absolute atomic E-state index is 0.0830. The summed E-state index contributed by atoms with van der Waals surface area (Å²) in [6.45, 7) is 9.78. The summed E-state index contributed by atoms with van der Waals surface area (Å²) in [5.41, 5.74) is 0.695. The van der Waals surface area contributed by atoms with E-state index in [2.05, 4.69) is 6.92 Å². The number of hydrogen-bond acceptors (Lipinski definition) is 3. The minimum atomic E-state index is -0.247. The molecule has 1 fully saturated rings. The first-order valence-electron chi connectivity index (χ1n) is 8.64. The van der Waals surface area contributed by atoms with Crippen LogP contribution in [-0.2, 0) is 4.74 Å². The summed E-state index contributed by atoms with van der Waals surface area (Å²) in [6, 6.07) is 7.69. The Morgan fingerprint density at radius 1 is 1.17 bits per heavy atom. The third-order valence-corrected chi connectivity index (χ3v) is 3.94. The number of likely N-dealkylation sites (tertiary alicyclic amines) is 1. The highest BCUT2D eigenvalue weighted by molar-refractivity contribution is 5.71. The predicted octanol–water partition coefficient (Wildman–Crippen LogP) is 4.94. The van der Waals surface area contributed by atoms with Crippen molar-refractivity contribution in [2.24, 2.45) is 0 Å². The van der Waals surface area contributed by atoms with Gasteiger partial charge in [0.2, 0.25) is 0 Å². The summed E-state index contributed by atoms with van der Waals surface area (Å²) in [7, 11) is 0. The van der Waals surface area contributed by atoms with Gasteiger partial charge in [-0.05, 0) is 52.5 Å². The van der Waals surface area contributed by atoms with Gasteiger partial charge in [0.05, 0.1) is 11.7 Å². The van der Waals surface area contributed by atoms with E-state index in [9.17, 15) is 4.79 Å². The van der Waals surface area contributed by atoms with Crippen LogP contribution in [0.25, 0.3) is 0 Å². The van der Waals surface area contributed by atoms with Crippen LogP contribution in [0.3, 0.4) is 0 Å². The number of benzene rings is 1. The molecule has 4 nitrogen and oxygen atoms in total. The van der Waals surface area contributed by atoms with Gasteiger partial charge in [-0.25, -0.2) is 4.79 Å². The molecule has 4 heteroatoms. The highest BCUT2D eigenvalue weighted by atomic mass is 16.6. The van der Waals surface area contributed by atoms with Crippen molar-refractivity contribution in [2.45, 2.75) is 65.1 Å². The number of nitrogens with zero attached hydrogens (tertiary/aromatic N) is 1. The molecular formula is C19H29NO3. The Balaban J connectivity index is 2.14. The van der Waals surface area contributed by atoms with Gasteiger partial charge in [0.25, 0.3) is 0 Å². The summed E-state index contributed by atoms with van der Waals surface area (Å²) in [6.07, 6.45) is 3.80. The van der Waals surface area contributed by atoms with E-state index in [4.69, 9.17) is 9.47 Å². The van der Waals surface area contributed by atoms with Gasteiger partial charge in [0.15, 0.2) is 0 Å². The van der Waals surface area contributed by atoms with E-state index in [0.717, 1.165) is 37.9 Å². The third kappa shape index (κ3) is 5.24. The van der Waals surface area contributed by atoms with Crippen LogP contribution in [-0.4, -0.2) is 29.7 Å². The van der Waals surface area contributed by atoms with E-state index in [-0.39, 0.29) is 17.8 Å². The molecule has 1 atom stereocenters. The molecule has 0 saturated carbocycles. The van der Waals surface area contributed by atoms with Crippen LogP contribution in [0.2, 0.25) is 0 Å². The van der Waals surface area contributed by atoms with Gasteiger partial charge in [-0.15, -0.1) is 0 Å². The van der Waals surface area contributed by atoms with Gasteiger partial charge >= 0.3 is 6.09 Å². The maximum atomic E-state index is 12.4. The molecule has 1 saturated heterocycles. The molecule has 1 heterocycles. The Morgan fingerprint density at radius 3 is 2.43 bits per heavy atom. The number of carbonyl (C=O) groups excluding carboxylic acids is 1. The topological polar surface area (TPSA) is 38.8 Å². The summed E-state index contributed by atoms with van der Waals surface area (Å²) in [4.78, 5) is 14.2. The first-order chi connectivity index (χ1) is 10.9. The van der Waals surface area contributed by atoms with Gasteiger partial charge < -0.3 is 14.4 Å². The van der Waals surface area contributed by atoms with E-state index < -0.39 is 0 Å². The van der Waals surface area contributed by atoms with Gasteiger partial charge in [0, 0.05) is 18.7 Å². The Labute approximate surface area is 139 Å². The van der Waals surface area contributed by atoms with E-state index in [1.807, 2.05) is 45.0 Å². The Bertz CT molecular complexity index is 516. The fourth-order valence-electron chi connectivity index (χ4n) is 2.87. The molecule has 0 spiro atoms. The highest BCUT2D eigenvalue weighted by Gasteiger charge is 2.24. The lowest BCUT2D eigenvalue weighted by molar-refractivity contribution is -0.0638. The largest absolute Gasteiger partial charge is 0.415 e. The zero-order valence-electron chi connectivity index (χ0n) is 14.8. The fourth-order valence-corrected chi connectivity index (χ4v) is 2.87. The predicted molar refractivity (Wildman–Crippen MR) is 91.8 cm³/mol. The third-order valence-electron chi connectivity index (χ3n) is 3.94. The van der Waals surface area contributed by atoms with E-state index in [1.54, 1.807) is 4.90 Å². The molecule has 0 bridgehead atoms. The molecule has 23 heavy (non-hydrogen) atoms. The molecule has 1 aromatic carbocycles. The maximum absolute atomic E-state index is 12.4. The van der Waals surface area contributed by atoms with Crippen LogP contribution in [0.1, 0.15) is 65.0 Å². The Morgan fingerprint density at radius 2 is 1.83 bits per heavy atom. The summed E-state index contributed by atoms with van der Waals surface area (Å²) in [5, 5.41) is 0. The molecule has 1 aliphatic rings. The van der Waals surface area contributed by atoms with Crippen LogP contribution >= 0.6 is 0 Å². The van der Waals surface area contributed by atoms with Crippen LogP contribution in [0, 0.1) is 0 Å². The van der Waals surface area contributed by atoms with Crippen molar-refractivity contribution in [3.8, 4) is 5.75 Å². The van der Waals surface area contributed by atoms with Crippen LogP contribution in [0.4, 0.5) is 4.79 Å². The van der Waals surface area contributed by atoms with Gasteiger partial charge in [-0.1, -0.05) is 25.1 Å². The standard InChI is InChI=1S/C19H29NO3/c1-5-16(23-19(2,3)4)15-11-7-8-12-17(15)22-18(21)20-13-9-6-10-14-20/h7-8,11-12,16H,5-6,9-10,13-14H2,1-4H3. The van der Waals surface area contributed by atoms with Crippen molar-refractivity contribution in [3.05, 3.63) is 29.8 Å². The summed E-state index contributed by atoms with van der Waals surface area (Å²) in [5.74, 6) is 0.610. The number of piperidine rings is 1. The zero-order valence-corrected chi connectivity index (χ0v) is 14.8. The molecule has 1 amide bonds. The number of carbonyl (C=O) groups is 1. The van der Waals surface area contributed by atoms with Crippen molar-refractivity contribution < 1.29 is 14.3 Å². The molecule has 1 aromatic rings. The van der Waals surface area contributed by atoms with Crippen molar-refractivity contribution in [3.63, 3.8) is 0 Å². The number of para-hydroxylation sites is 1. The molecule has 0 aliphatic carbocycles. The van der Waals surface area contributed by atoms with Crippen LogP contribution < -0.4 is 4.74 Å². The molecular weight excluding hydrogens is 290 g/mol. The first-order valence-corrected chi connectivity index (χ1v) is 8.64. The lowest BCUT2D eigenvalue weighted by Gasteiger charge is -2.29. The second kappa shape index (κ2) is 7.82. The van der Waals surface area contributed by atoms with Crippen LogP contribution in [0.15, 0.2) is 24.3 Å². The maximum Gasteiger partial charge on any atom is 0.415 e. The monoisotopic (exact) mass is 319 g/mol. The average Bonchev–Trinajstić information content (AvgIpc) is 2.53. The first kappa shape index (κ1) is 17.8. The fraction of sp³-hybridized carbons (Fsp3) is 0.632. The second-order valence-electron chi connectivity index (χ2n) is 7.08. The van der Waals surface area contributed by atoms with Crippen LogP contribution in [0.5, 0.6) is 5.75 Å². The molecule has 1 unspecified atom stereocenters. The summed E-state index contributed by atoms with van der Waals surface area (Å²) >= 11 is 0. The van der Waals surface area contributed by atoms with Crippen molar-refractivity contribution in [1.82, 2.24) is 4.90 Å². The lowest BCUT2D eigenvalue weighted by Crippen LogP contribution is -2.37. The smallest absolute Gasteiger partial charge is 0.410 e. The van der Waals surface area contributed by atoms with Crippen molar-refractivity contribution >= 4 is 6.09 Å². The van der Waals surface area contributed by atoms with Gasteiger partial charge in [0.1, 0.15) is 5.75 Å². The number of rotatable bonds is 4. The zero-order chi connectivity index (χ0) is 16.9. The molecule has 1 aliphatic heterocycles. The van der Waals surface area contributed by atoms with E-state index >= 15 is 0 Å². The molecule has 0 radical (unpaired) electrons. The van der Waals surface area contributed by atoms with Gasteiger partial charge in [-0.2, -0.15) is 0 Å². The molecule has 2 rings (SSSR count). The highest BCUT2D eigenvalue weighted by Crippen LogP contribution is 2.33. The Kier molecular flexibility index (Phi) is 6.05. The average molecular weight is 319 g/mol. The number of amides is 1. The van der Waals surface area contributed by atoms with Gasteiger partial charge in [-0.3, -0.25) is 0 Å². The Hall–Kier alpha value is -1.55. The molecule has 128 valence electrons. The lowest BCUT2D eigenvalue weighted by atomic mass is 10.0. The second-order valence-corrected chi connectivity index (χ2v) is 7.08. The molecule has 0 aromatic heterocycles. The van der Waals surface area contributed by atoms with Crippen molar-refractivity contribution in [2.75, 3.05) is 13.1 Å². The quantitative estimate of drug-likeness (QED) is 0.789. The minimum Gasteiger partial charge on any atom is -0.410 e. The molecule has 0 N–H and O–H groups in total. The van der Waals surface area contributed by atoms with Crippen molar-refractivity contribution in [1.29, 1.82) is 0 Å². The number of hydrogen-bond donors (Lipinski definition) is 0. The summed E-state index contributed by atoms with van der Waals surface area (Å²) < 4.78 is 11.8. The number of ether oxygens (including phenoxy) is 2. The normalized spacial score (nSPS) is 17.0.